The number of esters is 1. The topological polar surface area (TPSA) is 89.5 Å². The monoisotopic (exact) mass is 696 g/mol. The minimum absolute atomic E-state index is 0.00387. The Morgan fingerprint density at radius 3 is 2.11 bits per heavy atom. The third-order valence-electron chi connectivity index (χ3n) is 12.0. The summed E-state index contributed by atoms with van der Waals surface area (Å²) in [6.45, 7) is 34.2. The average molecular weight is 697 g/mol. The highest BCUT2D eigenvalue weighted by molar-refractivity contribution is 6.74. The molecule has 0 saturated carbocycles. The maximum Gasteiger partial charge on any atom is 0.303 e. The van der Waals surface area contributed by atoms with Crippen LogP contribution in [0.15, 0.2) is 12.2 Å². The Kier molecular flexibility index (Phi) is 13.8. The van der Waals surface area contributed by atoms with Crippen LogP contribution in [0.2, 0.25) is 36.3 Å². The Bertz CT molecular complexity index is 1060. The van der Waals surface area contributed by atoms with Crippen molar-refractivity contribution in [1.82, 2.24) is 0 Å². The largest absolute Gasteiger partial charge is 0.459 e. The van der Waals surface area contributed by atoms with Crippen LogP contribution in [0.3, 0.4) is 0 Å². The molecule has 3 heterocycles. The van der Waals surface area contributed by atoms with Crippen molar-refractivity contribution in [2.75, 3.05) is 13.2 Å². The number of hydrogen-bond acceptors (Lipinski definition) is 8. The van der Waals surface area contributed by atoms with E-state index in [0.717, 1.165) is 31.1 Å². The van der Waals surface area contributed by atoms with E-state index in [1.54, 1.807) is 0 Å². The summed E-state index contributed by atoms with van der Waals surface area (Å²) in [7, 11) is -3.91. The molecule has 8 nitrogen and oxygen atoms in total. The Hall–Kier alpha value is -0.886. The van der Waals surface area contributed by atoms with E-state index in [1.807, 2.05) is 0 Å². The van der Waals surface area contributed by atoms with E-state index < -0.39 is 22.7 Å². The highest BCUT2D eigenvalue weighted by Gasteiger charge is 2.52. The van der Waals surface area contributed by atoms with E-state index in [2.05, 4.69) is 88.2 Å². The molecule has 0 aromatic rings. The van der Waals surface area contributed by atoms with Crippen molar-refractivity contribution in [3.05, 3.63) is 12.2 Å². The van der Waals surface area contributed by atoms with Crippen LogP contribution in [0.25, 0.3) is 0 Å². The first-order valence-electron chi connectivity index (χ1n) is 18.1. The zero-order valence-electron chi connectivity index (χ0n) is 32.0. The second-order valence-corrected chi connectivity index (χ2v) is 27.3. The van der Waals surface area contributed by atoms with Gasteiger partial charge < -0.3 is 32.6 Å². The van der Waals surface area contributed by atoms with Gasteiger partial charge in [-0.1, -0.05) is 62.0 Å². The fourth-order valence-electron chi connectivity index (χ4n) is 6.73. The van der Waals surface area contributed by atoms with Crippen LogP contribution in [0.5, 0.6) is 0 Å². The molecule has 0 radical (unpaired) electrons. The lowest BCUT2D eigenvalue weighted by Crippen LogP contribution is -2.61. The van der Waals surface area contributed by atoms with Crippen LogP contribution in [0.4, 0.5) is 0 Å². The second kappa shape index (κ2) is 16.0. The summed E-state index contributed by atoms with van der Waals surface area (Å²) in [5.74, 6) is 0.0230. The van der Waals surface area contributed by atoms with E-state index in [-0.39, 0.29) is 70.4 Å². The molecule has 3 aliphatic heterocycles. The fraction of sp³-hybridized carbons (Fsp3) is 0.892. The summed E-state index contributed by atoms with van der Waals surface area (Å²) in [6, 6.07) is 0. The number of fused-ring (bicyclic) bond motifs is 1. The molecule has 10 atom stereocenters. The number of rotatable bonds is 13. The maximum absolute atomic E-state index is 12.4. The van der Waals surface area contributed by atoms with Crippen molar-refractivity contribution in [1.29, 1.82) is 0 Å². The van der Waals surface area contributed by atoms with Gasteiger partial charge in [-0.25, -0.2) is 0 Å². The molecule has 3 fully saturated rings. The molecule has 0 amide bonds. The van der Waals surface area contributed by atoms with E-state index >= 15 is 0 Å². The van der Waals surface area contributed by atoms with Gasteiger partial charge in [-0.3, -0.25) is 4.79 Å². The summed E-state index contributed by atoms with van der Waals surface area (Å²) in [6.07, 6.45) is 3.62. The molecule has 3 saturated heterocycles. The van der Waals surface area contributed by atoms with Crippen molar-refractivity contribution in [2.24, 2.45) is 17.8 Å². The highest BCUT2D eigenvalue weighted by Crippen LogP contribution is 2.44. The minimum Gasteiger partial charge on any atom is -0.459 e. The molecule has 47 heavy (non-hydrogen) atoms. The van der Waals surface area contributed by atoms with Gasteiger partial charge in [0.25, 0.3) is 0 Å². The molecule has 272 valence electrons. The van der Waals surface area contributed by atoms with Gasteiger partial charge in [0, 0.05) is 44.8 Å². The summed E-state index contributed by atoms with van der Waals surface area (Å²) in [5, 5.41) is 0.237. The summed E-state index contributed by atoms with van der Waals surface area (Å²) >= 11 is 0. The predicted molar refractivity (Wildman–Crippen MR) is 193 cm³/mol. The van der Waals surface area contributed by atoms with Gasteiger partial charge in [-0.15, -0.1) is 0 Å². The highest BCUT2D eigenvalue weighted by atomic mass is 28.4. The average Bonchev–Trinajstić information content (AvgIpc) is 2.94. The van der Waals surface area contributed by atoms with E-state index in [4.69, 9.17) is 27.8 Å². The van der Waals surface area contributed by atoms with Crippen molar-refractivity contribution < 1.29 is 37.4 Å². The molecule has 0 spiro atoms. The summed E-state index contributed by atoms with van der Waals surface area (Å²) in [4.78, 5) is 23.5. The number of hydrogen-bond donors (Lipinski definition) is 0. The van der Waals surface area contributed by atoms with Gasteiger partial charge in [0.15, 0.2) is 16.6 Å². The van der Waals surface area contributed by atoms with E-state index in [1.165, 1.54) is 6.92 Å². The molecule has 3 unspecified atom stereocenters. The molecular weight excluding hydrogens is 629 g/mol. The molecule has 0 N–H and O–H groups in total. The standard InChI is InChI=1S/C37H68O8Si2/c1-24-20-29(16-15-18-38)43-31(25(24)2)22-33-34(42-27(4)39)26(3)35-32(44-33)21-28(23-41-47(13,14)37(8,9)10)30(45-35)17-19-40-46(11,12)36(5,6)7/h18,24,26,28-35H,2,15-17,19-23H2,1,3-14H3/t24-,26-,28?,29?,30-,31?,32+,33+,34-,35+/m1/s1. The molecule has 0 aromatic carbocycles. The van der Waals surface area contributed by atoms with E-state index in [0.29, 0.717) is 32.5 Å². The third kappa shape index (κ3) is 10.3. The van der Waals surface area contributed by atoms with Gasteiger partial charge in [-0.05, 0) is 73.4 Å². The van der Waals surface area contributed by atoms with Crippen molar-refractivity contribution in [3.8, 4) is 0 Å². The molecular formula is C37H68O8Si2. The van der Waals surface area contributed by atoms with Crippen LogP contribution in [0.1, 0.15) is 101 Å². The Morgan fingerprint density at radius 2 is 1.53 bits per heavy atom. The SMILES string of the molecule is C=C1C(C[C@@H]2O[C@H]3CC(CO[Si](C)(C)C(C)(C)C)[C@@H](CCO[Si](C)(C)C(C)(C)C)O[C@H]3[C@H](C)[C@H]2OC(C)=O)OC(CCC=O)C[C@H]1C. The zero-order chi connectivity index (χ0) is 35.5. The first-order valence-corrected chi connectivity index (χ1v) is 23.9. The smallest absolute Gasteiger partial charge is 0.303 e. The van der Waals surface area contributed by atoms with Crippen molar-refractivity contribution in [3.63, 3.8) is 0 Å². The molecule has 0 bridgehead atoms. The van der Waals surface area contributed by atoms with Gasteiger partial charge in [0.05, 0.1) is 36.6 Å². The Labute approximate surface area is 288 Å². The van der Waals surface area contributed by atoms with Gasteiger partial charge in [0.1, 0.15) is 12.4 Å². The second-order valence-electron chi connectivity index (χ2n) is 17.7. The van der Waals surface area contributed by atoms with Gasteiger partial charge in [0.2, 0.25) is 0 Å². The molecule has 3 rings (SSSR count). The molecule has 3 aliphatic rings. The summed E-state index contributed by atoms with van der Waals surface area (Å²) < 4.78 is 39.8. The van der Waals surface area contributed by atoms with Crippen LogP contribution in [0, 0.1) is 17.8 Å². The zero-order valence-corrected chi connectivity index (χ0v) is 34.0. The van der Waals surface area contributed by atoms with Gasteiger partial charge in [-0.2, -0.15) is 0 Å². The number of carbonyl (C=O) groups excluding carboxylic acids is 2. The van der Waals surface area contributed by atoms with Crippen LogP contribution >= 0.6 is 0 Å². The van der Waals surface area contributed by atoms with E-state index in [9.17, 15) is 9.59 Å². The third-order valence-corrected chi connectivity index (χ3v) is 21.1. The maximum atomic E-state index is 12.4. The summed E-state index contributed by atoms with van der Waals surface area (Å²) in [5.41, 5.74) is 1.04. The first kappa shape index (κ1) is 40.5. The lowest BCUT2D eigenvalue weighted by Gasteiger charge is -2.52. The number of aldehydes is 1. The van der Waals surface area contributed by atoms with Crippen LogP contribution in [-0.4, -0.2) is 84.8 Å². The van der Waals surface area contributed by atoms with Crippen LogP contribution in [-0.2, 0) is 37.4 Å². The number of carbonyl (C=O) groups is 2. The molecule has 10 heteroatoms. The number of ether oxygens (including phenoxy) is 4. The van der Waals surface area contributed by atoms with Crippen molar-refractivity contribution >= 4 is 28.9 Å². The predicted octanol–water partition coefficient (Wildman–Crippen LogP) is 8.25. The lowest BCUT2D eigenvalue weighted by molar-refractivity contribution is -0.267. The quantitative estimate of drug-likeness (QED) is 0.0824. The Morgan fingerprint density at radius 1 is 0.915 bits per heavy atom. The fourth-order valence-corrected chi connectivity index (χ4v) is 8.85. The lowest BCUT2D eigenvalue weighted by atomic mass is 9.77. The molecule has 0 aromatic heterocycles. The normalized spacial score (nSPS) is 34.1. The molecule has 0 aliphatic carbocycles. The van der Waals surface area contributed by atoms with Gasteiger partial charge >= 0.3 is 5.97 Å². The van der Waals surface area contributed by atoms with Crippen LogP contribution < -0.4 is 0 Å². The van der Waals surface area contributed by atoms with Crippen molar-refractivity contribution in [2.45, 2.75) is 180 Å². The Balaban J connectivity index is 1.84. The first-order chi connectivity index (χ1) is 21.6. The minimum atomic E-state index is -1.99.